The number of hydrogen-bond donors (Lipinski definition) is 1. The molecule has 1 atom stereocenters. The number of nitriles is 1. The number of allylic oxidation sites excluding steroid dienone is 1. The maximum absolute atomic E-state index is 14.2. The lowest BCUT2D eigenvalue weighted by Gasteiger charge is -2.23. The lowest BCUT2D eigenvalue weighted by atomic mass is 9.88. The quantitative estimate of drug-likeness (QED) is 0.748. The molecule has 0 saturated heterocycles. The van der Waals surface area contributed by atoms with Gasteiger partial charge in [-0.1, -0.05) is 18.2 Å². The summed E-state index contributed by atoms with van der Waals surface area (Å²) in [5.41, 5.74) is 7.19. The molecule has 0 radical (unpaired) electrons. The van der Waals surface area contributed by atoms with Crippen LogP contribution in [0.2, 0.25) is 0 Å². The van der Waals surface area contributed by atoms with Crippen molar-refractivity contribution in [1.82, 2.24) is 0 Å². The van der Waals surface area contributed by atoms with Gasteiger partial charge in [0.25, 0.3) is 0 Å². The molecule has 0 fully saturated rings. The van der Waals surface area contributed by atoms with Gasteiger partial charge in [0.2, 0.25) is 5.88 Å². The highest BCUT2D eigenvalue weighted by molar-refractivity contribution is 7.19. The molecule has 6 heteroatoms. The SMILES string of the molecule is COc1ccc(C2C(C#N)=C(N)Oc3c2sc2c(F)cccc32)cc1. The zero-order valence-electron chi connectivity index (χ0n) is 13.2. The first-order chi connectivity index (χ1) is 12.1. The van der Waals surface area contributed by atoms with Gasteiger partial charge in [-0.15, -0.1) is 11.3 Å². The van der Waals surface area contributed by atoms with Gasteiger partial charge in [-0.2, -0.15) is 5.26 Å². The first-order valence-corrected chi connectivity index (χ1v) is 8.38. The predicted octanol–water partition coefficient (Wildman–Crippen LogP) is 4.27. The summed E-state index contributed by atoms with van der Waals surface area (Å²) in [7, 11) is 1.59. The Morgan fingerprint density at radius 3 is 2.68 bits per heavy atom. The van der Waals surface area contributed by atoms with Gasteiger partial charge in [-0.3, -0.25) is 0 Å². The zero-order valence-corrected chi connectivity index (χ0v) is 14.1. The third kappa shape index (κ3) is 2.32. The number of nitrogens with two attached hydrogens (primary N) is 1. The molecule has 124 valence electrons. The molecule has 2 aromatic carbocycles. The third-order valence-electron chi connectivity index (χ3n) is 4.25. The fourth-order valence-corrected chi connectivity index (χ4v) is 4.32. The average Bonchev–Trinajstić information content (AvgIpc) is 3.00. The molecule has 1 aliphatic heterocycles. The van der Waals surface area contributed by atoms with E-state index in [2.05, 4.69) is 6.07 Å². The molecule has 0 saturated carbocycles. The van der Waals surface area contributed by atoms with Crippen LogP contribution in [0.4, 0.5) is 4.39 Å². The summed E-state index contributed by atoms with van der Waals surface area (Å²) in [5, 5.41) is 10.3. The van der Waals surface area contributed by atoms with Crippen LogP contribution in [-0.4, -0.2) is 7.11 Å². The van der Waals surface area contributed by atoms with E-state index in [1.165, 1.54) is 17.4 Å². The normalized spacial score (nSPS) is 16.3. The van der Waals surface area contributed by atoms with Crippen LogP contribution in [0.3, 0.4) is 0 Å². The molecule has 1 aromatic heterocycles. The lowest BCUT2D eigenvalue weighted by molar-refractivity contribution is 0.401. The molecular formula is C19H13FN2O2S. The molecule has 1 unspecified atom stereocenters. The van der Waals surface area contributed by atoms with Gasteiger partial charge in [0.1, 0.15) is 23.2 Å². The molecule has 0 amide bonds. The Labute approximate surface area is 147 Å². The van der Waals surface area contributed by atoms with Crippen LogP contribution in [0.25, 0.3) is 10.1 Å². The molecule has 25 heavy (non-hydrogen) atoms. The second-order valence-corrected chi connectivity index (χ2v) is 6.66. The van der Waals surface area contributed by atoms with Crippen LogP contribution in [0, 0.1) is 17.1 Å². The number of benzene rings is 2. The van der Waals surface area contributed by atoms with Crippen LogP contribution in [0.1, 0.15) is 16.4 Å². The van der Waals surface area contributed by atoms with Gasteiger partial charge < -0.3 is 15.2 Å². The van der Waals surface area contributed by atoms with E-state index in [1.54, 1.807) is 19.2 Å². The fourth-order valence-electron chi connectivity index (χ4n) is 3.05. The van der Waals surface area contributed by atoms with Crippen molar-refractivity contribution in [3.05, 3.63) is 70.2 Å². The molecule has 0 aliphatic carbocycles. The van der Waals surface area contributed by atoms with Crippen molar-refractivity contribution in [3.8, 4) is 17.6 Å². The smallest absolute Gasteiger partial charge is 0.205 e. The summed E-state index contributed by atoms with van der Waals surface area (Å²) in [4.78, 5) is 0.774. The van der Waals surface area contributed by atoms with Gasteiger partial charge in [0, 0.05) is 5.39 Å². The van der Waals surface area contributed by atoms with Crippen molar-refractivity contribution in [2.75, 3.05) is 7.11 Å². The summed E-state index contributed by atoms with van der Waals surface area (Å²) in [5.74, 6) is 0.591. The number of thiophene rings is 1. The number of fused-ring (bicyclic) bond motifs is 3. The van der Waals surface area contributed by atoms with Crippen molar-refractivity contribution in [3.63, 3.8) is 0 Å². The van der Waals surface area contributed by atoms with E-state index in [4.69, 9.17) is 15.2 Å². The maximum Gasteiger partial charge on any atom is 0.205 e. The highest BCUT2D eigenvalue weighted by atomic mass is 32.1. The summed E-state index contributed by atoms with van der Waals surface area (Å²) in [6.45, 7) is 0. The topological polar surface area (TPSA) is 68.3 Å². The number of methoxy groups -OCH3 is 1. The van der Waals surface area contributed by atoms with Gasteiger partial charge >= 0.3 is 0 Å². The monoisotopic (exact) mass is 352 g/mol. The lowest BCUT2D eigenvalue weighted by Crippen LogP contribution is -2.19. The minimum absolute atomic E-state index is 0.0554. The number of halogens is 1. The molecule has 0 spiro atoms. The average molecular weight is 352 g/mol. The summed E-state index contributed by atoms with van der Waals surface area (Å²) < 4.78 is 25.6. The minimum atomic E-state index is -0.392. The Morgan fingerprint density at radius 2 is 2.00 bits per heavy atom. The standard InChI is InChI=1S/C19H13FN2O2S/c1-23-11-7-5-10(6-8-11)15-13(9-21)19(22)24-16-12-3-2-4-14(20)17(12)25-18(15)16/h2-8,15H,22H2,1H3. The van der Waals surface area contributed by atoms with Crippen LogP contribution >= 0.6 is 11.3 Å². The van der Waals surface area contributed by atoms with Gasteiger partial charge in [0.15, 0.2) is 5.75 Å². The number of ether oxygens (including phenoxy) is 2. The zero-order chi connectivity index (χ0) is 17.6. The van der Waals surface area contributed by atoms with Crippen molar-refractivity contribution >= 4 is 21.4 Å². The molecule has 4 nitrogen and oxygen atoms in total. The second-order valence-electron chi connectivity index (χ2n) is 5.61. The van der Waals surface area contributed by atoms with E-state index in [0.717, 1.165) is 10.4 Å². The van der Waals surface area contributed by atoms with E-state index in [0.29, 0.717) is 27.2 Å². The number of hydrogen-bond acceptors (Lipinski definition) is 5. The summed E-state index contributed by atoms with van der Waals surface area (Å²) in [6, 6.07) is 14.4. The second kappa shape index (κ2) is 5.80. The Morgan fingerprint density at radius 1 is 1.24 bits per heavy atom. The van der Waals surface area contributed by atoms with E-state index < -0.39 is 5.92 Å². The van der Waals surface area contributed by atoms with Crippen LogP contribution < -0.4 is 15.2 Å². The largest absolute Gasteiger partial charge is 0.497 e. The highest BCUT2D eigenvalue weighted by Gasteiger charge is 2.34. The molecule has 0 bridgehead atoms. The van der Waals surface area contributed by atoms with Crippen LogP contribution in [-0.2, 0) is 0 Å². The summed E-state index contributed by atoms with van der Waals surface area (Å²) in [6.07, 6.45) is 0. The Hall–Kier alpha value is -3.04. The third-order valence-corrected chi connectivity index (χ3v) is 5.51. The van der Waals surface area contributed by atoms with E-state index in [-0.39, 0.29) is 11.7 Å². The van der Waals surface area contributed by atoms with Gasteiger partial charge in [0.05, 0.1) is 22.6 Å². The van der Waals surface area contributed by atoms with Crippen molar-refractivity contribution in [2.45, 2.75) is 5.92 Å². The molecule has 4 rings (SSSR count). The van der Waals surface area contributed by atoms with Crippen molar-refractivity contribution in [2.24, 2.45) is 5.73 Å². The molecule has 3 aromatic rings. The van der Waals surface area contributed by atoms with Crippen LogP contribution in [0.5, 0.6) is 11.5 Å². The molecule has 2 heterocycles. The number of nitrogens with zero attached hydrogens (tertiary/aromatic N) is 1. The van der Waals surface area contributed by atoms with Gasteiger partial charge in [-0.25, -0.2) is 4.39 Å². The molecule has 1 aliphatic rings. The van der Waals surface area contributed by atoms with Gasteiger partial charge in [-0.05, 0) is 29.8 Å². The highest BCUT2D eigenvalue weighted by Crippen LogP contribution is 2.50. The minimum Gasteiger partial charge on any atom is -0.497 e. The van der Waals surface area contributed by atoms with E-state index in [1.807, 2.05) is 24.3 Å². The van der Waals surface area contributed by atoms with E-state index in [9.17, 15) is 9.65 Å². The Kier molecular flexibility index (Phi) is 3.59. The Balaban J connectivity index is 1.97. The summed E-state index contributed by atoms with van der Waals surface area (Å²) >= 11 is 1.29. The van der Waals surface area contributed by atoms with Crippen molar-refractivity contribution < 1.29 is 13.9 Å². The molecular weight excluding hydrogens is 339 g/mol. The maximum atomic E-state index is 14.2. The first kappa shape index (κ1) is 15.5. The van der Waals surface area contributed by atoms with E-state index >= 15 is 0 Å². The molecule has 2 N–H and O–H groups in total. The first-order valence-electron chi connectivity index (χ1n) is 7.56. The number of rotatable bonds is 2. The fraction of sp³-hybridized carbons (Fsp3) is 0.105. The Bertz CT molecular complexity index is 1050. The van der Waals surface area contributed by atoms with Crippen LogP contribution in [0.15, 0.2) is 53.9 Å². The predicted molar refractivity (Wildman–Crippen MR) is 94.1 cm³/mol. The van der Waals surface area contributed by atoms with Crippen molar-refractivity contribution in [1.29, 1.82) is 5.26 Å².